The summed E-state index contributed by atoms with van der Waals surface area (Å²) in [7, 11) is 0. The lowest BCUT2D eigenvalue weighted by Crippen LogP contribution is -2.43. The van der Waals surface area contributed by atoms with E-state index in [1.54, 1.807) is 12.1 Å². The number of ether oxygens (including phenoxy) is 1. The first kappa shape index (κ1) is 21.7. The summed E-state index contributed by atoms with van der Waals surface area (Å²) in [5, 5.41) is 29.4. The van der Waals surface area contributed by atoms with Crippen LogP contribution in [0, 0.1) is 0 Å². The highest BCUT2D eigenvalue weighted by Crippen LogP contribution is 2.38. The van der Waals surface area contributed by atoms with E-state index in [1.807, 2.05) is 42.9 Å². The van der Waals surface area contributed by atoms with E-state index >= 15 is 0 Å². The van der Waals surface area contributed by atoms with Gasteiger partial charge in [0, 0.05) is 40.4 Å². The van der Waals surface area contributed by atoms with Gasteiger partial charge in [0.1, 0.15) is 5.75 Å². The van der Waals surface area contributed by atoms with E-state index in [-0.39, 0.29) is 11.7 Å². The van der Waals surface area contributed by atoms with Crippen molar-refractivity contribution in [1.29, 1.82) is 0 Å². The fraction of sp³-hybridized carbons (Fsp3) is 0.480. The molecule has 0 unspecified atom stereocenters. The second kappa shape index (κ2) is 8.33. The molecule has 8 heteroatoms. The summed E-state index contributed by atoms with van der Waals surface area (Å²) >= 11 is 0. The van der Waals surface area contributed by atoms with Crippen molar-refractivity contribution in [2.24, 2.45) is 0 Å². The number of hydrogen-bond donors (Lipinski definition) is 3. The molecule has 3 N–H and O–H groups in total. The minimum atomic E-state index is -0.594. The Morgan fingerprint density at radius 3 is 2.73 bits per heavy atom. The summed E-state index contributed by atoms with van der Waals surface area (Å²) < 4.78 is 8.78. The monoisotopic (exact) mass is 451 g/mol. The van der Waals surface area contributed by atoms with Gasteiger partial charge in [0.05, 0.1) is 29.5 Å². The van der Waals surface area contributed by atoms with Crippen molar-refractivity contribution < 1.29 is 24.6 Å². The Bertz CT molecular complexity index is 1190. The maximum Gasteiger partial charge on any atom is 0.325 e. The molecule has 0 radical (unpaired) electrons. The van der Waals surface area contributed by atoms with Gasteiger partial charge in [-0.2, -0.15) is 5.10 Å². The molecule has 33 heavy (non-hydrogen) atoms. The van der Waals surface area contributed by atoms with Gasteiger partial charge in [-0.1, -0.05) is 0 Å². The highest BCUT2D eigenvalue weighted by atomic mass is 16.5. The summed E-state index contributed by atoms with van der Waals surface area (Å²) in [6, 6.07) is 9.21. The van der Waals surface area contributed by atoms with Crippen LogP contribution in [-0.4, -0.2) is 38.2 Å². The van der Waals surface area contributed by atoms with Crippen LogP contribution in [-0.2, 0) is 0 Å². The second-order valence-electron chi connectivity index (χ2n) is 9.55. The Morgan fingerprint density at radius 2 is 2.03 bits per heavy atom. The van der Waals surface area contributed by atoms with Crippen LogP contribution in [0.5, 0.6) is 5.75 Å². The summed E-state index contributed by atoms with van der Waals surface area (Å²) in [5.41, 5.74) is 1.69. The number of carbonyl (C=O) groups is 1. The normalized spacial score (nSPS) is 22.9. The molecule has 2 saturated carbocycles. The van der Waals surface area contributed by atoms with Crippen LogP contribution in [0.4, 0.5) is 5.69 Å². The number of aliphatic hydroxyl groups is 1. The maximum absolute atomic E-state index is 13.0. The van der Waals surface area contributed by atoms with Crippen LogP contribution in [0.1, 0.15) is 80.5 Å². The molecule has 3 aromatic rings. The molecule has 1 amide bonds. The summed E-state index contributed by atoms with van der Waals surface area (Å²) in [4.78, 5) is 13.0. The first-order chi connectivity index (χ1) is 15.8. The van der Waals surface area contributed by atoms with Crippen molar-refractivity contribution in [3.8, 4) is 5.75 Å². The molecule has 1 aromatic carbocycles. The number of anilines is 1. The number of hydrogen-bond acceptors (Lipinski definition) is 5. The zero-order valence-electron chi connectivity index (χ0n) is 19.1. The molecule has 0 saturated heterocycles. The minimum absolute atomic E-state index is 0.187. The molecule has 0 atom stereocenters. The number of fused-ring (bicyclic) bond motifs is 1. The third-order valence-corrected chi connectivity index (χ3v) is 6.80. The summed E-state index contributed by atoms with van der Waals surface area (Å²) in [5.74, 6) is 0.452. The molecule has 0 bridgehead atoms. The van der Waals surface area contributed by atoms with Gasteiger partial charge in [-0.25, -0.2) is 0 Å². The topological polar surface area (TPSA) is 100 Å². The molecule has 0 spiro atoms. The maximum atomic E-state index is 13.0. The number of benzene rings is 1. The number of aromatic nitrogens is 3. The van der Waals surface area contributed by atoms with E-state index in [2.05, 4.69) is 5.32 Å². The Balaban J connectivity index is 1.43. The van der Waals surface area contributed by atoms with Crippen molar-refractivity contribution in [1.82, 2.24) is 9.78 Å². The zero-order chi connectivity index (χ0) is 23.2. The summed E-state index contributed by atoms with van der Waals surface area (Å²) in [6.07, 6.45) is 7.29. The predicted octanol–water partition coefficient (Wildman–Crippen LogP) is 3.96. The van der Waals surface area contributed by atoms with Crippen LogP contribution in [0.3, 0.4) is 0 Å². The van der Waals surface area contributed by atoms with E-state index in [1.165, 1.54) is 0 Å². The summed E-state index contributed by atoms with van der Waals surface area (Å²) in [6.45, 7) is 4.23. The van der Waals surface area contributed by atoms with Crippen molar-refractivity contribution in [2.45, 2.75) is 69.9 Å². The number of carbonyl (C=O) groups excluding carboxylic acids is 1. The number of amides is 1. The molecule has 2 aliphatic rings. The van der Waals surface area contributed by atoms with E-state index in [0.29, 0.717) is 24.0 Å². The lowest BCUT2D eigenvalue weighted by atomic mass is 9.84. The van der Waals surface area contributed by atoms with Gasteiger partial charge < -0.3 is 15.2 Å². The fourth-order valence-corrected chi connectivity index (χ4v) is 4.68. The first-order valence-electron chi connectivity index (χ1n) is 11.8. The molecule has 8 nitrogen and oxygen atoms in total. The number of pyridine rings is 1. The Labute approximate surface area is 192 Å². The van der Waals surface area contributed by atoms with Crippen LogP contribution in [0.2, 0.25) is 0 Å². The fourth-order valence-electron chi connectivity index (χ4n) is 4.68. The first-order valence-corrected chi connectivity index (χ1v) is 11.8. The number of nitrogens with zero attached hydrogens (tertiary/aromatic N) is 3. The predicted molar refractivity (Wildman–Crippen MR) is 123 cm³/mol. The van der Waals surface area contributed by atoms with Crippen LogP contribution >= 0.6 is 0 Å². The molecule has 2 heterocycles. The molecule has 2 aromatic heterocycles. The van der Waals surface area contributed by atoms with Crippen molar-refractivity contribution in [3.63, 3.8) is 0 Å². The molecular weight excluding hydrogens is 420 g/mol. The number of nitrogens with one attached hydrogen (secondary N) is 1. The quantitative estimate of drug-likeness (QED) is 0.389. The Hall–Kier alpha value is -3.13. The molecule has 0 aliphatic heterocycles. The van der Waals surface area contributed by atoms with Crippen molar-refractivity contribution in [2.75, 3.05) is 11.9 Å². The minimum Gasteiger partial charge on any atom is -0.492 e. The van der Waals surface area contributed by atoms with E-state index in [0.717, 1.165) is 59.9 Å². The van der Waals surface area contributed by atoms with Gasteiger partial charge >= 0.3 is 11.6 Å². The van der Waals surface area contributed by atoms with Crippen LogP contribution in [0.25, 0.3) is 10.9 Å². The van der Waals surface area contributed by atoms with Gasteiger partial charge in [0.15, 0.2) is 0 Å². The van der Waals surface area contributed by atoms with Gasteiger partial charge in [0.25, 0.3) is 0 Å². The molecule has 5 rings (SSSR count). The third-order valence-electron chi connectivity index (χ3n) is 6.80. The Morgan fingerprint density at radius 1 is 1.27 bits per heavy atom. The average molecular weight is 452 g/mol. The van der Waals surface area contributed by atoms with Crippen LogP contribution < -0.4 is 14.8 Å². The van der Waals surface area contributed by atoms with E-state index in [4.69, 9.17) is 9.84 Å². The van der Waals surface area contributed by atoms with E-state index < -0.39 is 11.5 Å². The standard InChI is InChI=1S/C25H30N4O4/c1-3-33-23-14-19-17(15-28(27-19)18-9-11-25(2,31)12-10-18)13-20(23)26-24(30)22-6-4-5-21(29(22)32)16-7-8-16/h4-6,13-16,18,31H,3,7-12H2,1-2H3,(H-,26,30,32)/p+1. The van der Waals surface area contributed by atoms with E-state index in [9.17, 15) is 15.1 Å². The number of rotatable bonds is 6. The Kier molecular flexibility index (Phi) is 5.48. The highest BCUT2D eigenvalue weighted by Gasteiger charge is 2.36. The van der Waals surface area contributed by atoms with Gasteiger partial charge in [0.2, 0.25) is 5.69 Å². The van der Waals surface area contributed by atoms with Crippen molar-refractivity contribution in [3.05, 3.63) is 47.9 Å². The SMILES string of the molecule is CCOc1cc2nn(C3CCC(C)(O)CC3)cc2cc1NC(=O)c1cccc(C2CC2)[n+]1O. The molecule has 174 valence electrons. The van der Waals surface area contributed by atoms with Crippen LogP contribution in [0.15, 0.2) is 36.5 Å². The lowest BCUT2D eigenvalue weighted by molar-refractivity contribution is -0.910. The largest absolute Gasteiger partial charge is 0.492 e. The van der Waals surface area contributed by atoms with Crippen molar-refractivity contribution >= 4 is 22.5 Å². The van der Waals surface area contributed by atoms with Gasteiger partial charge in [-0.3, -0.25) is 14.7 Å². The molecule has 2 fully saturated rings. The second-order valence-corrected chi connectivity index (χ2v) is 9.55. The average Bonchev–Trinajstić information content (AvgIpc) is 3.54. The third kappa shape index (κ3) is 4.39. The highest BCUT2D eigenvalue weighted by molar-refractivity contribution is 6.04. The smallest absolute Gasteiger partial charge is 0.325 e. The zero-order valence-corrected chi connectivity index (χ0v) is 19.1. The van der Waals surface area contributed by atoms with Gasteiger partial charge in [-0.15, -0.1) is 0 Å². The molecular formula is C25H31N4O4+. The molecule has 2 aliphatic carbocycles. The lowest BCUT2D eigenvalue weighted by Gasteiger charge is -2.33. The van der Waals surface area contributed by atoms with Gasteiger partial charge in [-0.05, 0) is 64.5 Å².